The summed E-state index contributed by atoms with van der Waals surface area (Å²) < 4.78 is 1.50. The van der Waals surface area contributed by atoms with Crippen molar-refractivity contribution in [3.8, 4) is 0 Å². The summed E-state index contributed by atoms with van der Waals surface area (Å²) in [5, 5.41) is 3.46. The van der Waals surface area contributed by atoms with E-state index in [1.54, 1.807) is 12.4 Å². The van der Waals surface area contributed by atoms with Crippen molar-refractivity contribution in [2.24, 2.45) is 0 Å². The van der Waals surface area contributed by atoms with E-state index in [-0.39, 0.29) is 5.91 Å². The third-order valence-electron chi connectivity index (χ3n) is 5.73. The molecule has 0 radical (unpaired) electrons. The zero-order valence-electron chi connectivity index (χ0n) is 19.0. The number of unbranched alkanes of at least 4 members (excludes halogenated alkanes) is 13. The van der Waals surface area contributed by atoms with Gasteiger partial charge in [0.05, 0.1) is 0 Å². The predicted molar refractivity (Wildman–Crippen MR) is 127 cm³/mol. The molecule has 0 aliphatic heterocycles. The van der Waals surface area contributed by atoms with Gasteiger partial charge in [-0.2, -0.15) is 0 Å². The van der Waals surface area contributed by atoms with E-state index in [1.807, 2.05) is 24.3 Å². The van der Waals surface area contributed by atoms with Crippen LogP contribution in [0.5, 0.6) is 0 Å². The highest BCUT2D eigenvalue weighted by molar-refractivity contribution is 5.96. The number of nitrogens with one attached hydrogen (secondary N) is 1. The number of hydrogen-bond acceptors (Lipinski definition) is 3. The third-order valence-corrected chi connectivity index (χ3v) is 5.73. The molecule has 0 unspecified atom stereocenters. The highest BCUT2D eigenvalue weighted by Gasteiger charge is 2.07. The second kappa shape index (κ2) is 15.7. The molecule has 4 heteroatoms. The Morgan fingerprint density at radius 1 is 0.800 bits per heavy atom. The maximum Gasteiger partial charge on any atom is 0.263 e. The van der Waals surface area contributed by atoms with Crippen molar-refractivity contribution in [1.82, 2.24) is 9.55 Å². The fourth-order valence-electron chi connectivity index (χ4n) is 3.81. The van der Waals surface area contributed by atoms with E-state index in [9.17, 15) is 4.79 Å². The molecule has 1 aromatic heterocycles. The number of aromatic nitrogens is 2. The van der Waals surface area contributed by atoms with E-state index in [0.717, 1.165) is 12.2 Å². The Balaban J connectivity index is 1.41. The number of carbonyl (C=O) groups is 1. The van der Waals surface area contributed by atoms with Crippen LogP contribution in [0.3, 0.4) is 0 Å². The van der Waals surface area contributed by atoms with E-state index < -0.39 is 0 Å². The van der Waals surface area contributed by atoms with E-state index in [2.05, 4.69) is 17.2 Å². The molecule has 0 saturated carbocycles. The smallest absolute Gasteiger partial charge is 0.263 e. The zero-order valence-corrected chi connectivity index (χ0v) is 19.0. The summed E-state index contributed by atoms with van der Waals surface area (Å²) in [5.74, 6) is -0.0500. The summed E-state index contributed by atoms with van der Waals surface area (Å²) in [6.07, 6.45) is 24.2. The monoisotopic (exact) mass is 411 g/mol. The lowest BCUT2D eigenvalue weighted by Crippen LogP contribution is -2.09. The Morgan fingerprint density at radius 3 is 1.83 bits per heavy atom. The van der Waals surface area contributed by atoms with Gasteiger partial charge in [-0.3, -0.25) is 9.36 Å². The van der Waals surface area contributed by atoms with Gasteiger partial charge in [0.15, 0.2) is 0 Å². The largest absolute Gasteiger partial charge is 0.385 e. The Morgan fingerprint density at radius 2 is 1.33 bits per heavy atom. The van der Waals surface area contributed by atoms with Crippen LogP contribution in [0.15, 0.2) is 43.0 Å². The first-order chi connectivity index (χ1) is 14.8. The maximum absolute atomic E-state index is 12.2. The summed E-state index contributed by atoms with van der Waals surface area (Å²) in [7, 11) is 0. The molecule has 1 heterocycles. The van der Waals surface area contributed by atoms with Gasteiger partial charge in [-0.1, -0.05) is 90.4 Å². The fourth-order valence-corrected chi connectivity index (χ4v) is 3.81. The summed E-state index contributed by atoms with van der Waals surface area (Å²) in [6, 6.07) is 7.70. The van der Waals surface area contributed by atoms with Crippen LogP contribution in [0.4, 0.5) is 5.69 Å². The Hall–Kier alpha value is -2.10. The molecule has 0 aliphatic carbocycles. The van der Waals surface area contributed by atoms with E-state index >= 15 is 0 Å². The van der Waals surface area contributed by atoms with Crippen molar-refractivity contribution in [3.63, 3.8) is 0 Å². The first-order valence-corrected chi connectivity index (χ1v) is 12.2. The molecule has 2 rings (SSSR count). The van der Waals surface area contributed by atoms with E-state index in [1.165, 1.54) is 101 Å². The molecule has 2 aromatic rings. The molecule has 30 heavy (non-hydrogen) atoms. The summed E-state index contributed by atoms with van der Waals surface area (Å²) >= 11 is 0. The topological polar surface area (TPSA) is 46.9 Å². The minimum atomic E-state index is -0.0500. The summed E-state index contributed by atoms with van der Waals surface area (Å²) in [6.45, 7) is 3.27. The number of benzene rings is 1. The molecule has 166 valence electrons. The molecule has 0 fully saturated rings. The molecule has 0 bridgehead atoms. The van der Waals surface area contributed by atoms with Gasteiger partial charge < -0.3 is 5.32 Å². The van der Waals surface area contributed by atoms with E-state index in [0.29, 0.717) is 5.56 Å². The number of hydrogen-bond donors (Lipinski definition) is 1. The van der Waals surface area contributed by atoms with Gasteiger partial charge in [-0.05, 0) is 30.7 Å². The number of rotatable bonds is 17. The van der Waals surface area contributed by atoms with Crippen molar-refractivity contribution in [3.05, 3.63) is 48.5 Å². The molecular weight excluding hydrogens is 370 g/mol. The normalized spacial score (nSPS) is 11.0. The first kappa shape index (κ1) is 24.2. The molecule has 0 saturated heterocycles. The van der Waals surface area contributed by atoms with Crippen molar-refractivity contribution < 1.29 is 4.79 Å². The second-order valence-electron chi connectivity index (χ2n) is 8.38. The van der Waals surface area contributed by atoms with Gasteiger partial charge in [0.1, 0.15) is 6.33 Å². The van der Waals surface area contributed by atoms with Crippen LogP contribution in [0.25, 0.3) is 0 Å². The van der Waals surface area contributed by atoms with Gasteiger partial charge in [-0.15, -0.1) is 0 Å². The molecule has 0 aliphatic rings. The van der Waals surface area contributed by atoms with Crippen LogP contribution in [-0.4, -0.2) is 22.0 Å². The average molecular weight is 412 g/mol. The molecule has 4 nitrogen and oxygen atoms in total. The number of carbonyl (C=O) groups excluding carboxylic acids is 1. The Kier molecular flexibility index (Phi) is 12.7. The minimum absolute atomic E-state index is 0.0500. The van der Waals surface area contributed by atoms with Crippen LogP contribution in [-0.2, 0) is 0 Å². The number of imidazole rings is 1. The van der Waals surface area contributed by atoms with Crippen LogP contribution < -0.4 is 5.32 Å². The number of nitrogens with zero attached hydrogens (tertiary/aromatic N) is 2. The molecule has 0 atom stereocenters. The van der Waals surface area contributed by atoms with E-state index in [4.69, 9.17) is 0 Å². The van der Waals surface area contributed by atoms with Crippen molar-refractivity contribution in [2.75, 3.05) is 11.9 Å². The molecule has 0 spiro atoms. The minimum Gasteiger partial charge on any atom is -0.385 e. The van der Waals surface area contributed by atoms with Gasteiger partial charge in [0.2, 0.25) is 0 Å². The predicted octanol–water partition coefficient (Wildman–Crippen LogP) is 7.46. The lowest BCUT2D eigenvalue weighted by molar-refractivity contribution is 0.0960. The van der Waals surface area contributed by atoms with Gasteiger partial charge in [0.25, 0.3) is 5.91 Å². The molecular formula is C26H41N3O. The van der Waals surface area contributed by atoms with Gasteiger partial charge in [0, 0.05) is 30.2 Å². The highest BCUT2D eigenvalue weighted by atomic mass is 16.2. The third kappa shape index (κ3) is 10.1. The lowest BCUT2D eigenvalue weighted by atomic mass is 10.0. The Bertz CT molecular complexity index is 664. The Labute approximate surface area is 183 Å². The van der Waals surface area contributed by atoms with Crippen LogP contribution in [0.2, 0.25) is 0 Å². The molecule has 1 N–H and O–H groups in total. The zero-order chi connectivity index (χ0) is 21.3. The number of anilines is 1. The van der Waals surface area contributed by atoms with Gasteiger partial charge >= 0.3 is 0 Å². The van der Waals surface area contributed by atoms with Crippen LogP contribution in [0.1, 0.15) is 107 Å². The van der Waals surface area contributed by atoms with Crippen molar-refractivity contribution in [1.29, 1.82) is 0 Å². The SMILES string of the molecule is CCCCCCCCCCCCCCCCNc1ccc(C(=O)n2ccnc2)cc1. The fraction of sp³-hybridized carbons (Fsp3) is 0.615. The van der Waals surface area contributed by atoms with Gasteiger partial charge in [-0.25, -0.2) is 4.98 Å². The summed E-state index contributed by atoms with van der Waals surface area (Å²) in [4.78, 5) is 16.1. The van der Waals surface area contributed by atoms with Crippen LogP contribution >= 0.6 is 0 Å². The standard InChI is InChI=1S/C26H41N3O/c1-2-3-4-5-6-7-8-9-10-11-12-13-14-15-20-28-25-18-16-24(17-19-25)26(30)29-22-21-27-23-29/h16-19,21-23,28H,2-15,20H2,1H3. The lowest BCUT2D eigenvalue weighted by Gasteiger charge is -2.08. The van der Waals surface area contributed by atoms with Crippen molar-refractivity contribution >= 4 is 11.6 Å². The first-order valence-electron chi connectivity index (χ1n) is 12.2. The maximum atomic E-state index is 12.2. The molecule has 1 aromatic carbocycles. The second-order valence-corrected chi connectivity index (χ2v) is 8.38. The summed E-state index contributed by atoms with van der Waals surface area (Å²) in [5.41, 5.74) is 1.75. The van der Waals surface area contributed by atoms with Crippen LogP contribution in [0, 0.1) is 0 Å². The van der Waals surface area contributed by atoms with Crippen molar-refractivity contribution in [2.45, 2.75) is 96.8 Å². The average Bonchev–Trinajstić information content (AvgIpc) is 3.31. The molecule has 0 amide bonds. The quantitative estimate of drug-likeness (QED) is 0.275. The highest BCUT2D eigenvalue weighted by Crippen LogP contribution is 2.14.